The summed E-state index contributed by atoms with van der Waals surface area (Å²) in [7, 11) is 0. The molecule has 0 radical (unpaired) electrons. The molecule has 0 spiro atoms. The van der Waals surface area contributed by atoms with E-state index in [0.29, 0.717) is 42.1 Å². The summed E-state index contributed by atoms with van der Waals surface area (Å²) in [4.78, 5) is 16.8. The van der Waals surface area contributed by atoms with Crippen LogP contribution < -0.4 is 10.6 Å². The van der Waals surface area contributed by atoms with E-state index in [1.165, 1.54) is 16.9 Å². The lowest BCUT2D eigenvalue weighted by atomic mass is 9.79. The third-order valence-electron chi connectivity index (χ3n) is 6.46. The van der Waals surface area contributed by atoms with Crippen LogP contribution in [0.1, 0.15) is 55.6 Å². The van der Waals surface area contributed by atoms with Crippen molar-refractivity contribution in [3.63, 3.8) is 0 Å². The van der Waals surface area contributed by atoms with E-state index in [-0.39, 0.29) is 23.1 Å². The molecule has 9 nitrogen and oxygen atoms in total. The van der Waals surface area contributed by atoms with Crippen molar-refractivity contribution < 1.29 is 40.3 Å². The molecule has 1 amide bonds. The van der Waals surface area contributed by atoms with Crippen molar-refractivity contribution in [3.8, 4) is 11.3 Å². The zero-order valence-corrected chi connectivity index (χ0v) is 22.9. The number of hydrogen-bond acceptors (Lipinski definition) is 7. The molecule has 218 valence electrons. The molecule has 3 rings (SSSR count). The quantitative estimate of drug-likeness (QED) is 0.379. The number of carbonyl (C=O) groups is 1. The van der Waals surface area contributed by atoms with Gasteiger partial charge in [0.15, 0.2) is 5.69 Å². The fraction of sp³-hybridized carbons (Fsp3) is 0.609. The molecule has 3 N–H and O–H groups in total. The normalized spacial score (nSPS) is 19.6. The molecule has 2 aromatic rings. The molecule has 0 aromatic carbocycles. The molecule has 1 fully saturated rings. The Hall–Kier alpha value is -2.65. The average Bonchev–Trinajstić information content (AvgIpc) is 3.19. The van der Waals surface area contributed by atoms with Crippen LogP contribution in [0.3, 0.4) is 0 Å². The van der Waals surface area contributed by atoms with E-state index in [9.17, 15) is 31.9 Å². The number of anilines is 1. The molecule has 0 unspecified atom stereocenters. The predicted molar refractivity (Wildman–Crippen MR) is 134 cm³/mol. The first-order chi connectivity index (χ1) is 18.1. The fourth-order valence-corrected chi connectivity index (χ4v) is 4.40. The largest absolute Gasteiger partial charge is 0.455 e. The number of carbonyl (C=O) groups excluding carboxylic acids is 1. The van der Waals surface area contributed by atoms with Gasteiger partial charge in [0, 0.05) is 24.8 Å². The molecular formula is C23H29ClF5N5O4S. The van der Waals surface area contributed by atoms with Gasteiger partial charge in [-0.25, -0.2) is 4.98 Å². The SMILES string of the molecule is CCn1nc(C(=O)NCC2(O)CCC(C)CC2)c(Cl)c1-c1cnc(NCC(F)(F)C(F)(F)F)cc1C.O=S=O. The van der Waals surface area contributed by atoms with Crippen LogP contribution in [0, 0.1) is 12.8 Å². The zero-order chi connectivity index (χ0) is 29.6. The standard InChI is InChI=1S/C23H29ClF5N5O2.O2S/c1-4-34-19(15-10-30-16(9-14(15)3)31-12-22(25,26)23(27,28)29)17(24)18(33-34)20(35)32-11-21(36)7-5-13(2)6-8-21;1-3-2/h9-10,13,36H,4-8,11-12H2,1-3H3,(H,30,31)(H,32,35);. The Kier molecular flexibility index (Phi) is 11.0. The summed E-state index contributed by atoms with van der Waals surface area (Å²) < 4.78 is 81.7. The van der Waals surface area contributed by atoms with Gasteiger partial charge in [0.2, 0.25) is 0 Å². The fourth-order valence-electron chi connectivity index (χ4n) is 4.08. The Labute approximate surface area is 230 Å². The number of halogens is 6. The number of aliphatic hydroxyl groups is 1. The highest BCUT2D eigenvalue weighted by Crippen LogP contribution is 2.37. The van der Waals surface area contributed by atoms with E-state index in [4.69, 9.17) is 20.0 Å². The summed E-state index contributed by atoms with van der Waals surface area (Å²) in [5.41, 5.74) is 0.217. The summed E-state index contributed by atoms with van der Waals surface area (Å²) in [6.45, 7) is 4.23. The number of pyridine rings is 1. The van der Waals surface area contributed by atoms with Gasteiger partial charge < -0.3 is 15.7 Å². The Morgan fingerprint density at radius 3 is 2.36 bits per heavy atom. The molecule has 1 aliphatic carbocycles. The van der Waals surface area contributed by atoms with Gasteiger partial charge in [-0.2, -0.15) is 35.5 Å². The number of aromatic nitrogens is 3. The first kappa shape index (κ1) is 32.6. The Bertz CT molecular complexity index is 1200. The highest BCUT2D eigenvalue weighted by molar-refractivity contribution is 7.51. The zero-order valence-electron chi connectivity index (χ0n) is 21.4. The highest BCUT2D eigenvalue weighted by Gasteiger charge is 2.57. The van der Waals surface area contributed by atoms with E-state index in [1.54, 1.807) is 13.8 Å². The van der Waals surface area contributed by atoms with Crippen LogP contribution in [0.4, 0.5) is 27.8 Å². The van der Waals surface area contributed by atoms with Gasteiger partial charge in [0.25, 0.3) is 5.91 Å². The molecule has 2 aromatic heterocycles. The van der Waals surface area contributed by atoms with Crippen LogP contribution in [0.5, 0.6) is 0 Å². The number of hydrogen-bond donors (Lipinski definition) is 3. The second-order valence-corrected chi connectivity index (χ2v) is 9.94. The lowest BCUT2D eigenvalue weighted by Crippen LogP contribution is -2.45. The molecule has 0 bridgehead atoms. The summed E-state index contributed by atoms with van der Waals surface area (Å²) in [5.74, 6) is -5.13. The van der Waals surface area contributed by atoms with Gasteiger partial charge in [-0.05, 0) is 57.1 Å². The van der Waals surface area contributed by atoms with Gasteiger partial charge in [0.05, 0.1) is 22.9 Å². The average molecular weight is 602 g/mol. The second kappa shape index (κ2) is 13.1. The van der Waals surface area contributed by atoms with Crippen molar-refractivity contribution in [2.75, 3.05) is 18.4 Å². The number of alkyl halides is 5. The summed E-state index contributed by atoms with van der Waals surface area (Å²) in [6.07, 6.45) is -1.52. The highest BCUT2D eigenvalue weighted by atomic mass is 35.5. The minimum atomic E-state index is -5.68. The van der Waals surface area contributed by atoms with Crippen LogP contribution in [0.15, 0.2) is 12.3 Å². The maximum absolute atomic E-state index is 13.2. The second-order valence-electron chi connectivity index (χ2n) is 9.42. The minimum Gasteiger partial charge on any atom is -0.388 e. The number of nitrogens with one attached hydrogen (secondary N) is 2. The van der Waals surface area contributed by atoms with E-state index >= 15 is 0 Å². The van der Waals surface area contributed by atoms with Crippen LogP contribution in [-0.4, -0.2) is 65.0 Å². The van der Waals surface area contributed by atoms with Crippen LogP contribution in [0.2, 0.25) is 5.02 Å². The number of nitrogens with zero attached hydrogens (tertiary/aromatic N) is 3. The third kappa shape index (κ3) is 8.18. The first-order valence-electron chi connectivity index (χ1n) is 11.9. The molecule has 39 heavy (non-hydrogen) atoms. The maximum Gasteiger partial charge on any atom is 0.455 e. The van der Waals surface area contributed by atoms with Crippen LogP contribution >= 0.6 is 11.6 Å². The monoisotopic (exact) mass is 601 g/mol. The molecule has 0 atom stereocenters. The van der Waals surface area contributed by atoms with Crippen LogP contribution in [-0.2, 0) is 18.1 Å². The summed E-state index contributed by atoms with van der Waals surface area (Å²) >= 11 is 5.77. The van der Waals surface area contributed by atoms with Crippen molar-refractivity contribution >= 4 is 34.9 Å². The van der Waals surface area contributed by atoms with E-state index in [0.717, 1.165) is 12.8 Å². The van der Waals surface area contributed by atoms with E-state index < -0.39 is 41.7 Å². The third-order valence-corrected chi connectivity index (χ3v) is 6.82. The van der Waals surface area contributed by atoms with E-state index in [1.807, 2.05) is 5.32 Å². The van der Waals surface area contributed by atoms with E-state index in [2.05, 4.69) is 22.3 Å². The molecule has 1 aliphatic rings. The lowest BCUT2D eigenvalue weighted by molar-refractivity contribution is -0.275. The predicted octanol–water partition coefficient (Wildman–Crippen LogP) is 4.54. The Morgan fingerprint density at radius 1 is 1.26 bits per heavy atom. The first-order valence-corrected chi connectivity index (χ1v) is 13.0. The lowest BCUT2D eigenvalue weighted by Gasteiger charge is -2.34. The summed E-state index contributed by atoms with van der Waals surface area (Å²) in [6, 6.07) is 1.31. The molecular weight excluding hydrogens is 573 g/mol. The van der Waals surface area contributed by atoms with Gasteiger partial charge in [-0.3, -0.25) is 9.48 Å². The van der Waals surface area contributed by atoms with Crippen LogP contribution in [0.25, 0.3) is 11.3 Å². The molecule has 2 heterocycles. The number of aryl methyl sites for hydroxylation is 2. The smallest absolute Gasteiger partial charge is 0.388 e. The Balaban J connectivity index is 0.00000170. The molecule has 0 saturated heterocycles. The van der Waals surface area contributed by atoms with Gasteiger partial charge in [-0.15, -0.1) is 0 Å². The van der Waals surface area contributed by atoms with Crippen molar-refractivity contribution in [1.29, 1.82) is 0 Å². The van der Waals surface area contributed by atoms with Gasteiger partial charge >= 0.3 is 23.7 Å². The number of rotatable bonds is 8. The van der Waals surface area contributed by atoms with Gasteiger partial charge in [-0.1, -0.05) is 18.5 Å². The topological polar surface area (TPSA) is 126 Å². The summed E-state index contributed by atoms with van der Waals surface area (Å²) in [5, 5.41) is 19.8. The minimum absolute atomic E-state index is 0.0350. The number of amides is 1. The van der Waals surface area contributed by atoms with Crippen molar-refractivity contribution in [2.24, 2.45) is 5.92 Å². The van der Waals surface area contributed by atoms with Crippen molar-refractivity contribution in [1.82, 2.24) is 20.1 Å². The van der Waals surface area contributed by atoms with Crippen molar-refractivity contribution in [2.45, 2.75) is 70.7 Å². The molecule has 16 heteroatoms. The maximum atomic E-state index is 13.2. The molecule has 0 aliphatic heterocycles. The van der Waals surface area contributed by atoms with Gasteiger partial charge in [0.1, 0.15) is 5.82 Å². The molecule has 1 saturated carbocycles. The Morgan fingerprint density at radius 2 is 1.85 bits per heavy atom. The van der Waals surface area contributed by atoms with Crippen molar-refractivity contribution in [3.05, 3.63) is 28.5 Å².